The van der Waals surface area contributed by atoms with Crippen molar-refractivity contribution in [3.05, 3.63) is 59.2 Å². The lowest BCUT2D eigenvalue weighted by Gasteiger charge is -2.34. The van der Waals surface area contributed by atoms with Crippen molar-refractivity contribution in [3.8, 4) is 0 Å². The summed E-state index contributed by atoms with van der Waals surface area (Å²) in [6.45, 7) is 8.14. The number of nitrogens with zero attached hydrogens (tertiary/aromatic N) is 3. The quantitative estimate of drug-likeness (QED) is 0.943. The summed E-state index contributed by atoms with van der Waals surface area (Å²) in [5.41, 5.74) is 2.57. The molecule has 0 radical (unpaired) electrons. The van der Waals surface area contributed by atoms with Crippen molar-refractivity contribution in [3.63, 3.8) is 0 Å². The van der Waals surface area contributed by atoms with Gasteiger partial charge in [-0.15, -0.1) is 0 Å². The van der Waals surface area contributed by atoms with Crippen molar-refractivity contribution in [2.75, 3.05) is 19.6 Å². The number of aromatic nitrogens is 2. The van der Waals surface area contributed by atoms with Gasteiger partial charge in [-0.25, -0.2) is 9.97 Å². The van der Waals surface area contributed by atoms with E-state index in [9.17, 15) is 4.79 Å². The van der Waals surface area contributed by atoms with Gasteiger partial charge < -0.3 is 10.2 Å². The fraction of sp³-hybridized carbons (Fsp3) is 0.421. The van der Waals surface area contributed by atoms with Gasteiger partial charge in [-0.05, 0) is 12.5 Å². The normalized spacial score (nSPS) is 18.0. The fourth-order valence-corrected chi connectivity index (χ4v) is 2.99. The van der Waals surface area contributed by atoms with Crippen LogP contribution in [-0.2, 0) is 0 Å². The van der Waals surface area contributed by atoms with Crippen LogP contribution in [0.4, 0.5) is 0 Å². The summed E-state index contributed by atoms with van der Waals surface area (Å²) in [4.78, 5) is 23.6. The highest BCUT2D eigenvalue weighted by molar-refractivity contribution is 5.95. The molecule has 0 bridgehead atoms. The van der Waals surface area contributed by atoms with Gasteiger partial charge in [-0.1, -0.05) is 44.2 Å². The summed E-state index contributed by atoms with van der Waals surface area (Å²) in [7, 11) is 0. The third-order valence-corrected chi connectivity index (χ3v) is 4.41. The zero-order chi connectivity index (χ0) is 17.1. The van der Waals surface area contributed by atoms with Crippen LogP contribution in [0.1, 0.15) is 53.2 Å². The number of carbonyl (C=O) groups is 1. The van der Waals surface area contributed by atoms with E-state index in [0.29, 0.717) is 18.7 Å². The number of rotatable bonds is 3. The van der Waals surface area contributed by atoms with Crippen LogP contribution in [0.3, 0.4) is 0 Å². The Morgan fingerprint density at radius 2 is 2.04 bits per heavy atom. The summed E-state index contributed by atoms with van der Waals surface area (Å²) in [6.07, 6.45) is 1.68. The van der Waals surface area contributed by atoms with E-state index in [-0.39, 0.29) is 17.9 Å². The number of piperazine rings is 1. The highest BCUT2D eigenvalue weighted by Gasteiger charge is 2.26. The van der Waals surface area contributed by atoms with E-state index in [0.717, 1.165) is 18.1 Å². The Balaban J connectivity index is 1.77. The molecule has 1 N–H and O–H groups in total. The second kappa shape index (κ2) is 7.09. The van der Waals surface area contributed by atoms with Gasteiger partial charge in [0.1, 0.15) is 5.82 Å². The molecule has 1 atom stereocenters. The van der Waals surface area contributed by atoms with Crippen molar-refractivity contribution in [2.45, 2.75) is 32.7 Å². The molecule has 5 heteroatoms. The summed E-state index contributed by atoms with van der Waals surface area (Å²) >= 11 is 0. The van der Waals surface area contributed by atoms with Gasteiger partial charge in [0.2, 0.25) is 0 Å². The lowest BCUT2D eigenvalue weighted by molar-refractivity contribution is 0.0701. The molecule has 1 aliphatic heterocycles. The maximum Gasteiger partial charge on any atom is 0.257 e. The Bertz CT molecular complexity index is 715. The predicted octanol–water partition coefficient (Wildman–Crippen LogP) is 2.70. The largest absolute Gasteiger partial charge is 0.335 e. The molecule has 1 amide bonds. The molecule has 1 aromatic heterocycles. The molecule has 24 heavy (non-hydrogen) atoms. The maximum absolute atomic E-state index is 12.9. The van der Waals surface area contributed by atoms with E-state index >= 15 is 0 Å². The topological polar surface area (TPSA) is 58.1 Å². The number of nitrogens with one attached hydrogen (secondary N) is 1. The monoisotopic (exact) mass is 324 g/mol. The molecule has 2 aromatic rings. The highest BCUT2D eigenvalue weighted by atomic mass is 16.2. The first-order chi connectivity index (χ1) is 11.6. The Kier molecular flexibility index (Phi) is 4.90. The van der Waals surface area contributed by atoms with E-state index in [1.165, 1.54) is 5.56 Å². The molecule has 5 nitrogen and oxygen atoms in total. The fourth-order valence-electron chi connectivity index (χ4n) is 2.99. The number of benzene rings is 1. The van der Waals surface area contributed by atoms with Crippen molar-refractivity contribution in [1.82, 2.24) is 20.2 Å². The molecule has 1 aromatic carbocycles. The minimum atomic E-state index is 0.0187. The van der Waals surface area contributed by atoms with Crippen molar-refractivity contribution in [1.29, 1.82) is 0 Å². The maximum atomic E-state index is 12.9. The molecule has 3 rings (SSSR count). The van der Waals surface area contributed by atoms with Gasteiger partial charge in [-0.2, -0.15) is 0 Å². The SMILES string of the molecule is Cc1nc(C(C)C)ncc1C(=O)N1CCNC(c2ccccc2)C1. The highest BCUT2D eigenvalue weighted by Crippen LogP contribution is 2.19. The van der Waals surface area contributed by atoms with E-state index in [1.807, 2.05) is 30.0 Å². The minimum absolute atomic E-state index is 0.0187. The summed E-state index contributed by atoms with van der Waals surface area (Å²) < 4.78 is 0. The van der Waals surface area contributed by atoms with Crippen LogP contribution < -0.4 is 5.32 Å². The van der Waals surface area contributed by atoms with Gasteiger partial charge in [-0.3, -0.25) is 4.79 Å². The molecule has 0 saturated carbocycles. The first-order valence-electron chi connectivity index (χ1n) is 8.47. The van der Waals surface area contributed by atoms with E-state index in [2.05, 4.69) is 41.3 Å². The van der Waals surface area contributed by atoms with Gasteiger partial charge in [0, 0.05) is 37.8 Å². The molecule has 0 aliphatic carbocycles. The molecular formula is C19H24N4O. The van der Waals surface area contributed by atoms with E-state index < -0.39 is 0 Å². The number of hydrogen-bond acceptors (Lipinski definition) is 4. The lowest BCUT2D eigenvalue weighted by Crippen LogP contribution is -2.48. The van der Waals surface area contributed by atoms with Crippen LogP contribution >= 0.6 is 0 Å². The Labute approximate surface area is 143 Å². The van der Waals surface area contributed by atoms with E-state index in [1.54, 1.807) is 6.20 Å². The third-order valence-electron chi connectivity index (χ3n) is 4.41. The predicted molar refractivity (Wildman–Crippen MR) is 93.9 cm³/mol. The minimum Gasteiger partial charge on any atom is -0.335 e. The smallest absolute Gasteiger partial charge is 0.257 e. The van der Waals surface area contributed by atoms with Gasteiger partial charge >= 0.3 is 0 Å². The second-order valence-electron chi connectivity index (χ2n) is 6.55. The molecule has 126 valence electrons. The zero-order valence-corrected chi connectivity index (χ0v) is 14.5. The third kappa shape index (κ3) is 3.46. The molecule has 1 saturated heterocycles. The van der Waals surface area contributed by atoms with Crippen LogP contribution in [0.2, 0.25) is 0 Å². The van der Waals surface area contributed by atoms with Crippen LogP contribution in [0, 0.1) is 6.92 Å². The molecule has 1 aliphatic rings. The van der Waals surface area contributed by atoms with Crippen LogP contribution in [0.5, 0.6) is 0 Å². The second-order valence-corrected chi connectivity index (χ2v) is 6.55. The number of amides is 1. The molecular weight excluding hydrogens is 300 g/mol. The van der Waals surface area contributed by atoms with Crippen molar-refractivity contribution >= 4 is 5.91 Å². The Hall–Kier alpha value is -2.27. The molecule has 0 spiro atoms. The standard InChI is InChI=1S/C19H24N4O/c1-13(2)18-21-11-16(14(3)22-18)19(24)23-10-9-20-17(12-23)15-7-5-4-6-8-15/h4-8,11,13,17,20H,9-10,12H2,1-3H3. The molecule has 1 fully saturated rings. The number of hydrogen-bond donors (Lipinski definition) is 1. The molecule has 1 unspecified atom stereocenters. The van der Waals surface area contributed by atoms with Crippen LogP contribution in [0.15, 0.2) is 36.5 Å². The lowest BCUT2D eigenvalue weighted by atomic mass is 10.0. The van der Waals surface area contributed by atoms with Crippen molar-refractivity contribution < 1.29 is 4.79 Å². The van der Waals surface area contributed by atoms with Crippen LogP contribution in [0.25, 0.3) is 0 Å². The van der Waals surface area contributed by atoms with Gasteiger partial charge in [0.25, 0.3) is 5.91 Å². The van der Waals surface area contributed by atoms with Crippen molar-refractivity contribution in [2.24, 2.45) is 0 Å². The summed E-state index contributed by atoms with van der Waals surface area (Å²) in [5.74, 6) is 1.06. The van der Waals surface area contributed by atoms with Crippen LogP contribution in [-0.4, -0.2) is 40.4 Å². The van der Waals surface area contributed by atoms with Gasteiger partial charge in [0.05, 0.1) is 11.3 Å². The zero-order valence-electron chi connectivity index (χ0n) is 14.5. The summed E-state index contributed by atoms with van der Waals surface area (Å²) in [5, 5.41) is 3.49. The van der Waals surface area contributed by atoms with Gasteiger partial charge in [0.15, 0.2) is 0 Å². The number of aryl methyl sites for hydroxylation is 1. The first-order valence-corrected chi connectivity index (χ1v) is 8.47. The summed E-state index contributed by atoms with van der Waals surface area (Å²) in [6, 6.07) is 10.4. The average Bonchev–Trinajstić information content (AvgIpc) is 2.62. The Morgan fingerprint density at radius 3 is 2.71 bits per heavy atom. The Morgan fingerprint density at radius 1 is 1.29 bits per heavy atom. The number of carbonyl (C=O) groups excluding carboxylic acids is 1. The average molecular weight is 324 g/mol. The molecule has 2 heterocycles. The van der Waals surface area contributed by atoms with E-state index in [4.69, 9.17) is 0 Å². The first kappa shape index (κ1) is 16.6.